The quantitative estimate of drug-likeness (QED) is 0.320. The van der Waals surface area contributed by atoms with E-state index in [1.165, 1.54) is 65.1 Å². The summed E-state index contributed by atoms with van der Waals surface area (Å²) in [6.45, 7) is 19.9. The molecule has 2 aliphatic heterocycles. The van der Waals surface area contributed by atoms with E-state index >= 15 is 0 Å². The molecule has 160 valence electrons. The minimum Gasteiger partial charge on any atom is -0.356 e. The highest BCUT2D eigenvalue weighted by molar-refractivity contribution is 14.0. The molecule has 1 N–H and O–H groups in total. The van der Waals surface area contributed by atoms with Crippen LogP contribution in [0.3, 0.4) is 0 Å². The van der Waals surface area contributed by atoms with Gasteiger partial charge in [0.25, 0.3) is 0 Å². The second-order valence-corrected chi connectivity index (χ2v) is 8.34. The first kappa shape index (κ1) is 25.0. The largest absolute Gasteiger partial charge is 0.356 e. The van der Waals surface area contributed by atoms with Crippen molar-refractivity contribution in [1.29, 1.82) is 0 Å². The van der Waals surface area contributed by atoms with Gasteiger partial charge in [0, 0.05) is 59.4 Å². The predicted octanol–water partition coefficient (Wildman–Crippen LogP) is 3.21. The SMILES string of the molecule is CCC(CC)C1CCN(C(=NC)NCC(C)CN2CCN(CC)CC2)C1.I. The molecule has 2 atom stereocenters. The fraction of sp³-hybridized carbons (Fsp3) is 0.952. The zero-order chi connectivity index (χ0) is 18.9. The highest BCUT2D eigenvalue weighted by Gasteiger charge is 2.29. The van der Waals surface area contributed by atoms with Gasteiger partial charge in [0.2, 0.25) is 0 Å². The topological polar surface area (TPSA) is 34.1 Å². The van der Waals surface area contributed by atoms with Crippen LogP contribution in [0.2, 0.25) is 0 Å². The van der Waals surface area contributed by atoms with Gasteiger partial charge >= 0.3 is 0 Å². The predicted molar refractivity (Wildman–Crippen MR) is 128 cm³/mol. The highest BCUT2D eigenvalue weighted by atomic mass is 127. The van der Waals surface area contributed by atoms with Gasteiger partial charge in [-0.3, -0.25) is 4.99 Å². The Hall–Kier alpha value is -0.0800. The van der Waals surface area contributed by atoms with E-state index in [4.69, 9.17) is 0 Å². The van der Waals surface area contributed by atoms with Crippen molar-refractivity contribution < 1.29 is 0 Å². The van der Waals surface area contributed by atoms with E-state index in [0.717, 1.165) is 30.9 Å². The molecule has 0 bridgehead atoms. The number of piperazine rings is 1. The Morgan fingerprint density at radius 2 is 1.67 bits per heavy atom. The van der Waals surface area contributed by atoms with Crippen LogP contribution in [0.1, 0.15) is 47.0 Å². The maximum atomic E-state index is 4.57. The van der Waals surface area contributed by atoms with Crippen LogP contribution in [0.5, 0.6) is 0 Å². The summed E-state index contributed by atoms with van der Waals surface area (Å²) in [7, 11) is 1.93. The van der Waals surface area contributed by atoms with E-state index in [0.29, 0.717) is 5.92 Å². The second kappa shape index (κ2) is 13.2. The summed E-state index contributed by atoms with van der Waals surface area (Å²) in [5.41, 5.74) is 0. The fourth-order valence-electron chi connectivity index (χ4n) is 4.71. The zero-order valence-electron chi connectivity index (χ0n) is 18.4. The normalized spacial score (nSPS) is 23.6. The summed E-state index contributed by atoms with van der Waals surface area (Å²) in [6.07, 6.45) is 3.94. The first-order valence-corrected chi connectivity index (χ1v) is 11.0. The van der Waals surface area contributed by atoms with Crippen molar-refractivity contribution in [1.82, 2.24) is 20.0 Å². The number of likely N-dealkylation sites (tertiary alicyclic amines) is 1. The molecule has 2 unspecified atom stereocenters. The maximum absolute atomic E-state index is 4.57. The van der Waals surface area contributed by atoms with Crippen molar-refractivity contribution >= 4 is 29.9 Å². The molecule has 0 aliphatic carbocycles. The number of hydrogen-bond donors (Lipinski definition) is 1. The molecule has 5 nitrogen and oxygen atoms in total. The van der Waals surface area contributed by atoms with E-state index in [1.807, 2.05) is 7.05 Å². The Bertz CT molecular complexity index is 419. The van der Waals surface area contributed by atoms with Gasteiger partial charge in [0.1, 0.15) is 0 Å². The Morgan fingerprint density at radius 3 is 2.22 bits per heavy atom. The molecule has 0 aromatic heterocycles. The molecule has 0 aromatic rings. The lowest BCUT2D eigenvalue weighted by Crippen LogP contribution is -2.49. The summed E-state index contributed by atoms with van der Waals surface area (Å²) in [5.74, 6) is 3.48. The van der Waals surface area contributed by atoms with Gasteiger partial charge < -0.3 is 20.0 Å². The summed E-state index contributed by atoms with van der Waals surface area (Å²) in [5, 5.41) is 3.66. The summed E-state index contributed by atoms with van der Waals surface area (Å²) >= 11 is 0. The molecule has 0 spiro atoms. The third kappa shape index (κ3) is 7.69. The van der Waals surface area contributed by atoms with Gasteiger partial charge in [0.15, 0.2) is 5.96 Å². The van der Waals surface area contributed by atoms with Gasteiger partial charge in [-0.1, -0.05) is 40.5 Å². The smallest absolute Gasteiger partial charge is 0.193 e. The number of aliphatic imine (C=N–C) groups is 1. The highest BCUT2D eigenvalue weighted by Crippen LogP contribution is 2.28. The summed E-state index contributed by atoms with van der Waals surface area (Å²) in [6, 6.07) is 0. The van der Waals surface area contributed by atoms with Crippen LogP contribution in [-0.2, 0) is 0 Å². The molecule has 2 rings (SSSR count). The Balaban J connectivity index is 0.00000364. The Kier molecular flexibility index (Phi) is 12.2. The van der Waals surface area contributed by atoms with Gasteiger partial charge in [-0.15, -0.1) is 24.0 Å². The van der Waals surface area contributed by atoms with Crippen molar-refractivity contribution in [3.05, 3.63) is 0 Å². The van der Waals surface area contributed by atoms with E-state index < -0.39 is 0 Å². The second-order valence-electron chi connectivity index (χ2n) is 8.34. The first-order valence-electron chi connectivity index (χ1n) is 11.0. The molecule has 2 heterocycles. The van der Waals surface area contributed by atoms with Gasteiger partial charge in [-0.2, -0.15) is 0 Å². The lowest BCUT2D eigenvalue weighted by atomic mass is 9.87. The average molecular weight is 494 g/mol. The zero-order valence-corrected chi connectivity index (χ0v) is 20.7. The first-order chi connectivity index (χ1) is 12.6. The van der Waals surface area contributed by atoms with Crippen LogP contribution >= 0.6 is 24.0 Å². The molecule has 0 radical (unpaired) electrons. The Morgan fingerprint density at radius 1 is 1.04 bits per heavy atom. The van der Waals surface area contributed by atoms with E-state index in [-0.39, 0.29) is 24.0 Å². The third-order valence-electron chi connectivity index (χ3n) is 6.54. The number of nitrogens with zero attached hydrogens (tertiary/aromatic N) is 4. The average Bonchev–Trinajstić information content (AvgIpc) is 3.13. The van der Waals surface area contributed by atoms with Crippen LogP contribution < -0.4 is 5.32 Å². The minimum atomic E-state index is 0. The van der Waals surface area contributed by atoms with E-state index in [2.05, 4.69) is 52.7 Å². The van der Waals surface area contributed by atoms with Crippen molar-refractivity contribution in [3.8, 4) is 0 Å². The van der Waals surface area contributed by atoms with Gasteiger partial charge in [-0.25, -0.2) is 0 Å². The Labute approximate surface area is 185 Å². The van der Waals surface area contributed by atoms with Crippen LogP contribution in [0.15, 0.2) is 4.99 Å². The number of rotatable bonds is 8. The van der Waals surface area contributed by atoms with Crippen LogP contribution in [0, 0.1) is 17.8 Å². The van der Waals surface area contributed by atoms with E-state index in [9.17, 15) is 0 Å². The molecule has 2 aliphatic rings. The number of hydrogen-bond acceptors (Lipinski definition) is 3. The molecule has 2 saturated heterocycles. The molecular weight excluding hydrogens is 449 g/mol. The molecule has 0 aromatic carbocycles. The standard InChI is InChI=1S/C21H43N5.HI/c1-6-19(7-2)20-9-10-26(17-20)21(22-5)23-15-18(4)16-25-13-11-24(8-3)12-14-25;/h18-20H,6-17H2,1-5H3,(H,22,23);1H. The molecular formula is C21H44IN5. The fourth-order valence-corrected chi connectivity index (χ4v) is 4.71. The number of likely N-dealkylation sites (N-methyl/N-ethyl adjacent to an activating group) is 1. The minimum absolute atomic E-state index is 0. The lowest BCUT2D eigenvalue weighted by molar-refractivity contribution is 0.124. The summed E-state index contributed by atoms with van der Waals surface area (Å²) < 4.78 is 0. The number of guanidine groups is 1. The van der Waals surface area contributed by atoms with E-state index in [1.54, 1.807) is 0 Å². The lowest BCUT2D eigenvalue weighted by Gasteiger charge is -2.35. The molecule has 0 amide bonds. The van der Waals surface area contributed by atoms with Gasteiger partial charge in [0.05, 0.1) is 0 Å². The van der Waals surface area contributed by atoms with Crippen LogP contribution in [-0.4, -0.2) is 86.6 Å². The maximum Gasteiger partial charge on any atom is 0.193 e. The number of halogens is 1. The van der Waals surface area contributed by atoms with Crippen LogP contribution in [0.25, 0.3) is 0 Å². The van der Waals surface area contributed by atoms with Gasteiger partial charge in [-0.05, 0) is 30.7 Å². The van der Waals surface area contributed by atoms with Crippen molar-refractivity contribution in [3.63, 3.8) is 0 Å². The third-order valence-corrected chi connectivity index (χ3v) is 6.54. The molecule has 0 saturated carbocycles. The molecule has 6 heteroatoms. The van der Waals surface area contributed by atoms with Crippen molar-refractivity contribution in [2.75, 3.05) is 66.0 Å². The van der Waals surface area contributed by atoms with Crippen molar-refractivity contribution in [2.45, 2.75) is 47.0 Å². The van der Waals surface area contributed by atoms with Crippen molar-refractivity contribution in [2.24, 2.45) is 22.7 Å². The number of nitrogens with one attached hydrogen (secondary N) is 1. The van der Waals surface area contributed by atoms with Crippen LogP contribution in [0.4, 0.5) is 0 Å². The monoisotopic (exact) mass is 493 g/mol. The summed E-state index contributed by atoms with van der Waals surface area (Å²) in [4.78, 5) is 12.2. The molecule has 27 heavy (non-hydrogen) atoms. The molecule has 2 fully saturated rings.